The lowest BCUT2D eigenvalue weighted by Gasteiger charge is -2.27. The normalized spacial score (nSPS) is 11.2. The van der Waals surface area contributed by atoms with Crippen molar-refractivity contribution in [2.24, 2.45) is 0 Å². The van der Waals surface area contributed by atoms with Gasteiger partial charge in [0.15, 0.2) is 0 Å². The van der Waals surface area contributed by atoms with Gasteiger partial charge in [0.2, 0.25) is 11.8 Å². The van der Waals surface area contributed by atoms with E-state index in [1.54, 1.807) is 45.4 Å². The van der Waals surface area contributed by atoms with Crippen LogP contribution in [0.25, 0.3) is 22.4 Å². The molecule has 0 radical (unpaired) electrons. The quantitative estimate of drug-likeness (QED) is 0.178. The molecular weight excluding hydrogens is 591 g/mol. The molecule has 0 bridgehead atoms. The molecule has 0 saturated carbocycles. The van der Waals surface area contributed by atoms with E-state index in [0.717, 1.165) is 13.4 Å². The van der Waals surface area contributed by atoms with Gasteiger partial charge >= 0.3 is 0 Å². The van der Waals surface area contributed by atoms with Gasteiger partial charge in [0.25, 0.3) is 6.43 Å². The van der Waals surface area contributed by atoms with Crippen LogP contribution in [0, 0.1) is 12.7 Å². The third-order valence-electron chi connectivity index (χ3n) is 6.90. The van der Waals surface area contributed by atoms with Gasteiger partial charge in [0.05, 0.1) is 28.1 Å². The fraction of sp³-hybridized carbons (Fsp3) is 0.344. The Morgan fingerprint density at radius 1 is 0.933 bits per heavy atom. The molecule has 0 atom stereocenters. The van der Waals surface area contributed by atoms with Crippen LogP contribution in [-0.2, 0) is 26.3 Å². The standard InChI is InChI=1S/C31H32F3N5O4.CH4O/c1-19-15-21(16-24(36-19)28(33)34)26-27(20-7-9-22(32)10-8-20)38-30(35)39-29(26)43-17-23-5-4-6-25(37-23)31(18-40,11-13-41-2)12-14-42-3;1-2/h4-10,15-16,18,28H,11-14,17H2,1-3H3,(H2,35,38,39);2H,1H3. The van der Waals surface area contributed by atoms with Crippen molar-refractivity contribution < 1.29 is 37.3 Å². The van der Waals surface area contributed by atoms with Gasteiger partial charge < -0.3 is 29.8 Å². The Morgan fingerprint density at radius 3 is 2.20 bits per heavy atom. The molecule has 0 unspecified atom stereocenters. The monoisotopic (exact) mass is 627 g/mol. The van der Waals surface area contributed by atoms with Crippen LogP contribution >= 0.6 is 0 Å². The minimum absolute atomic E-state index is 0.00487. The summed E-state index contributed by atoms with van der Waals surface area (Å²) in [6.45, 7) is 2.17. The predicted molar refractivity (Wildman–Crippen MR) is 162 cm³/mol. The number of benzene rings is 1. The summed E-state index contributed by atoms with van der Waals surface area (Å²) in [6.07, 6.45) is -1.17. The van der Waals surface area contributed by atoms with Crippen LogP contribution in [0.5, 0.6) is 5.88 Å². The number of halogens is 3. The number of nitrogens with two attached hydrogens (primary N) is 1. The minimum Gasteiger partial charge on any atom is -0.471 e. The first kappa shape index (κ1) is 35.0. The zero-order valence-corrected chi connectivity index (χ0v) is 25.5. The molecule has 0 aliphatic rings. The van der Waals surface area contributed by atoms with Crippen molar-refractivity contribution >= 4 is 12.2 Å². The zero-order chi connectivity index (χ0) is 33.0. The van der Waals surface area contributed by atoms with Crippen LogP contribution in [0.4, 0.5) is 19.1 Å². The van der Waals surface area contributed by atoms with Crippen molar-refractivity contribution in [1.29, 1.82) is 0 Å². The summed E-state index contributed by atoms with van der Waals surface area (Å²) >= 11 is 0. The highest BCUT2D eigenvalue weighted by atomic mass is 19.3. The van der Waals surface area contributed by atoms with Crippen molar-refractivity contribution in [1.82, 2.24) is 19.9 Å². The zero-order valence-electron chi connectivity index (χ0n) is 25.5. The molecule has 1 aromatic carbocycles. The fourth-order valence-corrected chi connectivity index (χ4v) is 4.70. The van der Waals surface area contributed by atoms with Gasteiger partial charge in [-0.2, -0.15) is 4.98 Å². The first-order valence-electron chi connectivity index (χ1n) is 13.9. The molecule has 0 amide bonds. The van der Waals surface area contributed by atoms with Crippen LogP contribution in [-0.4, -0.2) is 65.9 Å². The molecule has 0 spiro atoms. The van der Waals surface area contributed by atoms with Crippen LogP contribution in [0.1, 0.15) is 42.0 Å². The number of rotatable bonds is 14. The average molecular weight is 628 g/mol. The van der Waals surface area contributed by atoms with Gasteiger partial charge in [-0.15, -0.1) is 0 Å². The number of aliphatic hydroxyl groups excluding tert-OH is 1. The second-order valence-corrected chi connectivity index (χ2v) is 9.90. The average Bonchev–Trinajstić information content (AvgIpc) is 3.05. The van der Waals surface area contributed by atoms with E-state index >= 15 is 0 Å². The summed E-state index contributed by atoms with van der Waals surface area (Å²) in [6, 6.07) is 13.6. The number of alkyl halides is 2. The number of aliphatic hydroxyl groups is 1. The van der Waals surface area contributed by atoms with E-state index in [1.165, 1.54) is 30.3 Å². The molecule has 45 heavy (non-hydrogen) atoms. The van der Waals surface area contributed by atoms with Gasteiger partial charge in [-0.3, -0.25) is 9.97 Å². The number of hydrogen-bond donors (Lipinski definition) is 2. The van der Waals surface area contributed by atoms with Gasteiger partial charge in [-0.1, -0.05) is 6.07 Å². The van der Waals surface area contributed by atoms with Crippen molar-refractivity contribution in [2.75, 3.05) is 40.3 Å². The molecule has 0 saturated heterocycles. The molecule has 3 aromatic heterocycles. The number of aldehydes is 1. The van der Waals surface area contributed by atoms with Crippen molar-refractivity contribution in [3.63, 3.8) is 0 Å². The molecule has 10 nitrogen and oxygen atoms in total. The van der Waals surface area contributed by atoms with E-state index in [-0.39, 0.29) is 29.7 Å². The second-order valence-electron chi connectivity index (χ2n) is 9.90. The number of methoxy groups -OCH3 is 2. The SMILES string of the molecule is CO.COCCC(C=O)(CCOC)c1cccc(COc2nc(N)nc(-c3ccc(F)cc3)c2-c2cc(C)nc(C(F)F)c2)n1. The van der Waals surface area contributed by atoms with Crippen LogP contribution in [0.2, 0.25) is 0 Å². The first-order chi connectivity index (χ1) is 21.7. The first-order valence-corrected chi connectivity index (χ1v) is 13.9. The van der Waals surface area contributed by atoms with E-state index in [4.69, 9.17) is 30.0 Å². The molecule has 3 heterocycles. The van der Waals surface area contributed by atoms with E-state index in [2.05, 4.69) is 15.0 Å². The molecule has 0 aliphatic heterocycles. The lowest BCUT2D eigenvalue weighted by atomic mass is 9.79. The summed E-state index contributed by atoms with van der Waals surface area (Å²) in [5.41, 5.74) is 7.34. The summed E-state index contributed by atoms with van der Waals surface area (Å²) < 4.78 is 57.8. The molecule has 13 heteroatoms. The molecule has 240 valence electrons. The van der Waals surface area contributed by atoms with Gasteiger partial charge in [0.1, 0.15) is 24.4 Å². The summed E-state index contributed by atoms with van der Waals surface area (Å²) in [5, 5.41) is 7.00. The van der Waals surface area contributed by atoms with Gasteiger partial charge in [-0.05, 0) is 73.9 Å². The Kier molecular flexibility index (Phi) is 12.9. The van der Waals surface area contributed by atoms with Crippen molar-refractivity contribution in [2.45, 2.75) is 38.2 Å². The maximum absolute atomic E-state index is 13.8. The number of pyridine rings is 2. The fourth-order valence-electron chi connectivity index (χ4n) is 4.70. The highest BCUT2D eigenvalue weighted by molar-refractivity contribution is 5.85. The Hall–Kier alpha value is -4.46. The maximum Gasteiger partial charge on any atom is 0.280 e. The maximum atomic E-state index is 13.8. The second kappa shape index (κ2) is 16.6. The molecule has 4 rings (SSSR count). The number of ether oxygens (including phenoxy) is 3. The smallest absolute Gasteiger partial charge is 0.280 e. The van der Waals surface area contributed by atoms with Crippen LogP contribution < -0.4 is 10.5 Å². The molecule has 0 aliphatic carbocycles. The Morgan fingerprint density at radius 2 is 1.60 bits per heavy atom. The van der Waals surface area contributed by atoms with E-state index in [0.29, 0.717) is 54.3 Å². The highest BCUT2D eigenvalue weighted by Crippen LogP contribution is 2.39. The molecule has 3 N–H and O–H groups in total. The number of nitrogen functional groups attached to an aromatic ring is 1. The summed E-state index contributed by atoms with van der Waals surface area (Å²) in [4.78, 5) is 29.7. The number of carbonyl (C=O) groups is 1. The van der Waals surface area contributed by atoms with E-state index < -0.39 is 23.4 Å². The molecular formula is C32H36F3N5O5. The number of aryl methyl sites for hydroxylation is 1. The van der Waals surface area contributed by atoms with Crippen LogP contribution in [0.3, 0.4) is 0 Å². The number of aromatic nitrogens is 4. The third-order valence-corrected chi connectivity index (χ3v) is 6.90. The Bertz CT molecular complexity index is 1550. The third kappa shape index (κ3) is 8.81. The lowest BCUT2D eigenvalue weighted by Crippen LogP contribution is -2.32. The molecule has 0 fully saturated rings. The van der Waals surface area contributed by atoms with E-state index in [9.17, 15) is 18.0 Å². The predicted octanol–water partition coefficient (Wildman–Crippen LogP) is 5.27. The molecule has 4 aromatic rings. The van der Waals surface area contributed by atoms with Crippen molar-refractivity contribution in [3.8, 4) is 28.3 Å². The van der Waals surface area contributed by atoms with Gasteiger partial charge in [0, 0.05) is 45.8 Å². The Balaban J connectivity index is 0.00000271. The lowest BCUT2D eigenvalue weighted by molar-refractivity contribution is -0.114. The van der Waals surface area contributed by atoms with Gasteiger partial charge in [-0.25, -0.2) is 18.2 Å². The summed E-state index contributed by atoms with van der Waals surface area (Å²) in [7, 11) is 4.12. The largest absolute Gasteiger partial charge is 0.471 e. The number of nitrogens with zero attached hydrogens (tertiary/aromatic N) is 4. The number of carbonyl (C=O) groups excluding carboxylic acids is 1. The summed E-state index contributed by atoms with van der Waals surface area (Å²) in [5.74, 6) is -0.596. The minimum atomic E-state index is -2.83. The van der Waals surface area contributed by atoms with Crippen LogP contribution in [0.15, 0.2) is 54.6 Å². The topological polar surface area (TPSA) is 143 Å². The Labute approximate surface area is 259 Å². The van der Waals surface area contributed by atoms with E-state index in [1.807, 2.05) is 0 Å². The van der Waals surface area contributed by atoms with Crippen molar-refractivity contribution in [3.05, 3.63) is 83.2 Å². The number of hydrogen-bond acceptors (Lipinski definition) is 10. The number of anilines is 1. The highest BCUT2D eigenvalue weighted by Gasteiger charge is 2.33.